The first kappa shape index (κ1) is 7.77. The van der Waals surface area contributed by atoms with E-state index in [2.05, 4.69) is 28.1 Å². The van der Waals surface area contributed by atoms with Gasteiger partial charge in [-0.15, -0.1) is 11.3 Å². The van der Waals surface area contributed by atoms with Crippen LogP contribution in [0.25, 0.3) is 0 Å². The van der Waals surface area contributed by atoms with E-state index < -0.39 is 0 Å². The van der Waals surface area contributed by atoms with E-state index in [0.29, 0.717) is 6.04 Å². The monoisotopic (exact) mass is 231 g/mol. The molecule has 0 saturated heterocycles. The molecule has 1 aromatic heterocycles. The fourth-order valence-corrected chi connectivity index (χ4v) is 2.99. The molecule has 60 valence electrons. The van der Waals surface area contributed by atoms with E-state index in [-0.39, 0.29) is 0 Å². The molecule has 3 heteroatoms. The lowest BCUT2D eigenvalue weighted by Gasteiger charge is -2.31. The normalized spacial score (nSPS) is 30.0. The van der Waals surface area contributed by atoms with Gasteiger partial charge in [-0.2, -0.15) is 0 Å². The number of hydrogen-bond donors (Lipinski definition) is 1. The molecule has 0 bridgehead atoms. The Morgan fingerprint density at radius 2 is 2.18 bits per heavy atom. The van der Waals surface area contributed by atoms with Crippen LogP contribution in [0.3, 0.4) is 0 Å². The second kappa shape index (κ2) is 2.88. The van der Waals surface area contributed by atoms with Gasteiger partial charge in [0.15, 0.2) is 0 Å². The Kier molecular flexibility index (Phi) is 2.04. The average molecular weight is 232 g/mol. The van der Waals surface area contributed by atoms with Crippen molar-refractivity contribution >= 4 is 27.3 Å². The molecule has 1 aliphatic rings. The number of nitrogens with two attached hydrogens (primary N) is 1. The summed E-state index contributed by atoms with van der Waals surface area (Å²) >= 11 is 5.29. The third kappa shape index (κ3) is 1.50. The molecule has 1 aliphatic carbocycles. The van der Waals surface area contributed by atoms with Crippen molar-refractivity contribution in [1.82, 2.24) is 0 Å². The molecular weight excluding hydrogens is 222 g/mol. The molecular formula is C8H10BrNS. The first-order valence-corrected chi connectivity index (χ1v) is 5.37. The molecule has 1 heterocycles. The van der Waals surface area contributed by atoms with E-state index in [0.717, 1.165) is 5.92 Å². The van der Waals surface area contributed by atoms with E-state index in [4.69, 9.17) is 5.73 Å². The highest BCUT2D eigenvalue weighted by Crippen LogP contribution is 2.40. The lowest BCUT2D eigenvalue weighted by molar-refractivity contribution is 0.356. The zero-order valence-corrected chi connectivity index (χ0v) is 8.49. The summed E-state index contributed by atoms with van der Waals surface area (Å²) in [5.41, 5.74) is 5.71. The molecule has 1 nitrogen and oxygen atoms in total. The Labute approximate surface area is 78.7 Å². The standard InChI is InChI=1S/C8H10BrNS/c9-8-2-1-7(11-8)5-3-6(10)4-5/h1-2,5-6H,3-4,10H2. The summed E-state index contributed by atoms with van der Waals surface area (Å²) in [6.45, 7) is 0. The highest BCUT2D eigenvalue weighted by atomic mass is 79.9. The molecule has 2 N–H and O–H groups in total. The minimum atomic E-state index is 0.459. The van der Waals surface area contributed by atoms with Crippen molar-refractivity contribution in [3.8, 4) is 0 Å². The zero-order valence-electron chi connectivity index (χ0n) is 6.09. The van der Waals surface area contributed by atoms with Crippen molar-refractivity contribution in [3.63, 3.8) is 0 Å². The van der Waals surface area contributed by atoms with Gasteiger partial charge in [0.05, 0.1) is 3.79 Å². The van der Waals surface area contributed by atoms with Gasteiger partial charge in [0.25, 0.3) is 0 Å². The van der Waals surface area contributed by atoms with Crippen LogP contribution in [-0.4, -0.2) is 6.04 Å². The van der Waals surface area contributed by atoms with Gasteiger partial charge in [0, 0.05) is 10.9 Å². The lowest BCUT2D eigenvalue weighted by Crippen LogP contribution is -2.34. The Balaban J connectivity index is 2.07. The number of rotatable bonds is 1. The van der Waals surface area contributed by atoms with Crippen molar-refractivity contribution in [1.29, 1.82) is 0 Å². The highest BCUT2D eigenvalue weighted by Gasteiger charge is 2.28. The predicted octanol–water partition coefficient (Wildman–Crippen LogP) is 2.72. The van der Waals surface area contributed by atoms with Gasteiger partial charge in [-0.05, 0) is 46.8 Å². The minimum Gasteiger partial charge on any atom is -0.328 e. The van der Waals surface area contributed by atoms with Crippen LogP contribution in [0.5, 0.6) is 0 Å². The van der Waals surface area contributed by atoms with Crippen LogP contribution >= 0.6 is 27.3 Å². The predicted molar refractivity (Wildman–Crippen MR) is 52.0 cm³/mol. The fraction of sp³-hybridized carbons (Fsp3) is 0.500. The molecule has 1 aromatic rings. The molecule has 0 spiro atoms. The highest BCUT2D eigenvalue weighted by molar-refractivity contribution is 9.11. The second-order valence-electron chi connectivity index (χ2n) is 3.07. The molecule has 11 heavy (non-hydrogen) atoms. The van der Waals surface area contributed by atoms with Gasteiger partial charge in [-0.1, -0.05) is 0 Å². The first-order chi connectivity index (χ1) is 5.25. The smallest absolute Gasteiger partial charge is 0.0701 e. The van der Waals surface area contributed by atoms with Crippen molar-refractivity contribution < 1.29 is 0 Å². The molecule has 1 saturated carbocycles. The maximum atomic E-state index is 5.71. The average Bonchev–Trinajstić information content (AvgIpc) is 2.29. The molecule has 0 atom stereocenters. The van der Waals surface area contributed by atoms with Crippen LogP contribution in [0.4, 0.5) is 0 Å². The summed E-state index contributed by atoms with van der Waals surface area (Å²) in [7, 11) is 0. The van der Waals surface area contributed by atoms with E-state index in [9.17, 15) is 0 Å². The summed E-state index contributed by atoms with van der Waals surface area (Å²) in [4.78, 5) is 1.48. The summed E-state index contributed by atoms with van der Waals surface area (Å²) in [5, 5.41) is 0. The quantitative estimate of drug-likeness (QED) is 0.791. The zero-order chi connectivity index (χ0) is 7.84. The third-order valence-corrected chi connectivity index (χ3v) is 3.96. The van der Waals surface area contributed by atoms with E-state index in [1.54, 1.807) is 0 Å². The molecule has 2 rings (SSSR count). The number of hydrogen-bond acceptors (Lipinski definition) is 2. The van der Waals surface area contributed by atoms with Crippen LogP contribution < -0.4 is 5.73 Å². The third-order valence-electron chi connectivity index (χ3n) is 2.17. The molecule has 0 aromatic carbocycles. The summed E-state index contributed by atoms with van der Waals surface area (Å²) in [5.74, 6) is 0.751. The SMILES string of the molecule is NC1CC(c2ccc(Br)s2)C1. The van der Waals surface area contributed by atoms with Crippen LogP contribution in [0.15, 0.2) is 15.9 Å². The van der Waals surface area contributed by atoms with Crippen molar-refractivity contribution in [2.24, 2.45) is 5.73 Å². The van der Waals surface area contributed by atoms with Crippen molar-refractivity contribution in [3.05, 3.63) is 20.8 Å². The van der Waals surface area contributed by atoms with Gasteiger partial charge in [-0.25, -0.2) is 0 Å². The topological polar surface area (TPSA) is 26.0 Å². The summed E-state index contributed by atoms with van der Waals surface area (Å²) in [6.07, 6.45) is 2.35. The largest absolute Gasteiger partial charge is 0.328 e. The lowest BCUT2D eigenvalue weighted by atomic mass is 9.80. The molecule has 0 unspecified atom stereocenters. The van der Waals surface area contributed by atoms with Crippen LogP contribution in [0.1, 0.15) is 23.6 Å². The Bertz CT molecular complexity index is 252. The number of halogens is 1. The van der Waals surface area contributed by atoms with Crippen molar-refractivity contribution in [2.75, 3.05) is 0 Å². The van der Waals surface area contributed by atoms with Gasteiger partial charge in [0.2, 0.25) is 0 Å². The Morgan fingerprint density at radius 3 is 2.64 bits per heavy atom. The molecule has 0 aliphatic heterocycles. The van der Waals surface area contributed by atoms with Crippen LogP contribution in [-0.2, 0) is 0 Å². The Hall–Kier alpha value is 0.140. The molecule has 1 fully saturated rings. The van der Waals surface area contributed by atoms with Crippen molar-refractivity contribution in [2.45, 2.75) is 24.8 Å². The van der Waals surface area contributed by atoms with Gasteiger partial charge in [-0.3, -0.25) is 0 Å². The maximum Gasteiger partial charge on any atom is 0.0701 e. The second-order valence-corrected chi connectivity index (χ2v) is 5.56. The molecule has 0 amide bonds. The molecule has 0 radical (unpaired) electrons. The van der Waals surface area contributed by atoms with Gasteiger partial charge >= 0.3 is 0 Å². The van der Waals surface area contributed by atoms with E-state index in [1.165, 1.54) is 21.5 Å². The van der Waals surface area contributed by atoms with E-state index in [1.807, 2.05) is 11.3 Å². The van der Waals surface area contributed by atoms with Crippen LogP contribution in [0, 0.1) is 0 Å². The summed E-state index contributed by atoms with van der Waals surface area (Å²) < 4.78 is 1.23. The Morgan fingerprint density at radius 1 is 1.45 bits per heavy atom. The minimum absolute atomic E-state index is 0.459. The first-order valence-electron chi connectivity index (χ1n) is 3.76. The maximum absolute atomic E-state index is 5.71. The number of thiophene rings is 1. The van der Waals surface area contributed by atoms with Gasteiger partial charge < -0.3 is 5.73 Å². The summed E-state index contributed by atoms with van der Waals surface area (Å²) in [6, 6.07) is 4.77. The fourth-order valence-electron chi connectivity index (χ4n) is 1.44. The van der Waals surface area contributed by atoms with Gasteiger partial charge in [0.1, 0.15) is 0 Å². The van der Waals surface area contributed by atoms with Crippen LogP contribution in [0.2, 0.25) is 0 Å². The van der Waals surface area contributed by atoms with E-state index >= 15 is 0 Å².